The minimum atomic E-state index is -0.0970. The van der Waals surface area contributed by atoms with Gasteiger partial charge < -0.3 is 15.4 Å². The van der Waals surface area contributed by atoms with Gasteiger partial charge in [0, 0.05) is 37.2 Å². The van der Waals surface area contributed by atoms with E-state index < -0.39 is 0 Å². The number of hydrogen-bond donors (Lipinski definition) is 1. The lowest BCUT2D eigenvalue weighted by Crippen LogP contribution is -2.36. The molecule has 0 heterocycles. The fourth-order valence-electron chi connectivity index (χ4n) is 1.67. The van der Waals surface area contributed by atoms with E-state index in [1.807, 2.05) is 13.0 Å². The highest BCUT2D eigenvalue weighted by Crippen LogP contribution is 2.18. The number of methoxy groups -OCH3 is 1. The van der Waals surface area contributed by atoms with Crippen molar-refractivity contribution in [2.45, 2.75) is 13.3 Å². The Bertz CT molecular complexity index is 494. The second-order valence-corrected chi connectivity index (χ2v) is 5.40. The third-order valence-corrected chi connectivity index (χ3v) is 3.51. The van der Waals surface area contributed by atoms with E-state index in [1.165, 1.54) is 0 Å². The minimum absolute atomic E-state index is 0.0970. The zero-order valence-corrected chi connectivity index (χ0v) is 13.3. The molecule has 1 aromatic carbocycles. The van der Waals surface area contributed by atoms with Crippen LogP contribution in [0.2, 0.25) is 5.02 Å². The van der Waals surface area contributed by atoms with Crippen LogP contribution in [0.1, 0.15) is 22.3 Å². The monoisotopic (exact) mass is 314 g/mol. The summed E-state index contributed by atoms with van der Waals surface area (Å²) in [6, 6.07) is 5.28. The summed E-state index contributed by atoms with van der Waals surface area (Å²) >= 11 is 10.9. The number of carbonyl (C=O) groups excluding carboxylic acids is 1. The van der Waals surface area contributed by atoms with Crippen molar-refractivity contribution in [3.05, 3.63) is 34.3 Å². The van der Waals surface area contributed by atoms with Crippen molar-refractivity contribution in [2.24, 2.45) is 5.73 Å². The molecule has 0 radical (unpaired) electrons. The number of benzene rings is 1. The van der Waals surface area contributed by atoms with Gasteiger partial charge >= 0.3 is 0 Å². The normalized spacial score (nSPS) is 10.3. The largest absolute Gasteiger partial charge is 0.393 e. The molecule has 0 atom stereocenters. The highest BCUT2D eigenvalue weighted by molar-refractivity contribution is 7.80. The van der Waals surface area contributed by atoms with Crippen molar-refractivity contribution in [1.82, 2.24) is 4.90 Å². The first-order valence-corrected chi connectivity index (χ1v) is 7.07. The first-order valence-electron chi connectivity index (χ1n) is 6.28. The van der Waals surface area contributed by atoms with Crippen molar-refractivity contribution in [1.29, 1.82) is 0 Å². The van der Waals surface area contributed by atoms with E-state index in [9.17, 15) is 4.79 Å². The molecule has 0 saturated carbocycles. The minimum Gasteiger partial charge on any atom is -0.393 e. The molecule has 0 aliphatic rings. The van der Waals surface area contributed by atoms with E-state index in [-0.39, 0.29) is 5.91 Å². The maximum atomic E-state index is 12.5. The van der Waals surface area contributed by atoms with Crippen LogP contribution in [0.5, 0.6) is 0 Å². The van der Waals surface area contributed by atoms with Gasteiger partial charge in [-0.05, 0) is 24.6 Å². The molecule has 0 unspecified atom stereocenters. The Morgan fingerprint density at radius 1 is 1.45 bits per heavy atom. The maximum Gasteiger partial charge on any atom is 0.253 e. The zero-order valence-electron chi connectivity index (χ0n) is 11.7. The lowest BCUT2D eigenvalue weighted by Gasteiger charge is -2.22. The van der Waals surface area contributed by atoms with Crippen molar-refractivity contribution < 1.29 is 9.53 Å². The van der Waals surface area contributed by atoms with E-state index in [4.69, 9.17) is 34.3 Å². The Kier molecular flexibility index (Phi) is 6.91. The summed E-state index contributed by atoms with van der Waals surface area (Å²) in [5, 5.41) is 0.580. The highest BCUT2D eigenvalue weighted by Gasteiger charge is 2.16. The molecule has 0 aromatic heterocycles. The van der Waals surface area contributed by atoms with Gasteiger partial charge in [-0.25, -0.2) is 0 Å². The molecule has 0 aliphatic carbocycles. The Morgan fingerprint density at radius 3 is 2.70 bits per heavy atom. The van der Waals surface area contributed by atoms with Crippen LogP contribution in [0.3, 0.4) is 0 Å². The predicted molar refractivity (Wildman–Crippen MR) is 85.4 cm³/mol. The molecule has 0 fully saturated rings. The van der Waals surface area contributed by atoms with Gasteiger partial charge in [0.15, 0.2) is 0 Å². The maximum absolute atomic E-state index is 12.5. The number of thiocarbonyl (C=S) groups is 1. The van der Waals surface area contributed by atoms with E-state index in [0.29, 0.717) is 41.7 Å². The number of amides is 1. The highest BCUT2D eigenvalue weighted by atomic mass is 35.5. The molecular weight excluding hydrogens is 296 g/mol. The number of nitrogens with zero attached hydrogens (tertiary/aromatic N) is 1. The molecule has 110 valence electrons. The molecule has 1 rings (SSSR count). The SMILES string of the molecule is COCCN(CCC(N)=S)C(=O)c1ccc(C)c(Cl)c1. The topological polar surface area (TPSA) is 55.6 Å². The molecule has 6 heteroatoms. The van der Waals surface area contributed by atoms with Gasteiger partial charge in [0.25, 0.3) is 5.91 Å². The molecule has 0 bridgehead atoms. The summed E-state index contributed by atoms with van der Waals surface area (Å²) < 4.78 is 5.02. The Morgan fingerprint density at radius 2 is 2.15 bits per heavy atom. The van der Waals surface area contributed by atoms with Crippen LogP contribution in [0.4, 0.5) is 0 Å². The summed E-state index contributed by atoms with van der Waals surface area (Å²) in [4.78, 5) is 14.5. The first-order chi connectivity index (χ1) is 9.45. The van der Waals surface area contributed by atoms with Crippen LogP contribution < -0.4 is 5.73 Å². The first kappa shape index (κ1) is 16.9. The number of aryl methyl sites for hydroxylation is 1. The summed E-state index contributed by atoms with van der Waals surface area (Å²) in [7, 11) is 1.60. The standard InChI is InChI=1S/C14H19ClN2O2S/c1-10-3-4-11(9-12(10)15)14(18)17(7-8-19-2)6-5-13(16)20/h3-4,9H,5-8H2,1-2H3,(H2,16,20). The molecule has 4 nitrogen and oxygen atoms in total. The molecule has 1 amide bonds. The zero-order chi connectivity index (χ0) is 15.1. The third kappa shape index (κ3) is 5.07. The van der Waals surface area contributed by atoms with Crippen LogP contribution in [-0.2, 0) is 4.74 Å². The predicted octanol–water partition coefficient (Wildman–Crippen LogP) is 2.41. The van der Waals surface area contributed by atoms with Crippen LogP contribution in [0, 0.1) is 6.92 Å². The van der Waals surface area contributed by atoms with E-state index in [0.717, 1.165) is 5.56 Å². The van der Waals surface area contributed by atoms with Crippen LogP contribution in [-0.4, -0.2) is 42.6 Å². The molecule has 20 heavy (non-hydrogen) atoms. The van der Waals surface area contributed by atoms with Crippen LogP contribution in [0.25, 0.3) is 0 Å². The van der Waals surface area contributed by atoms with Gasteiger partial charge in [-0.3, -0.25) is 4.79 Å². The molecule has 2 N–H and O–H groups in total. The summed E-state index contributed by atoms with van der Waals surface area (Å²) in [6.45, 7) is 3.32. The Hall–Kier alpha value is -1.17. The van der Waals surface area contributed by atoms with Gasteiger partial charge in [0.1, 0.15) is 0 Å². The summed E-state index contributed by atoms with van der Waals surface area (Å²) in [5.74, 6) is -0.0970. The average Bonchev–Trinajstić information content (AvgIpc) is 2.41. The number of ether oxygens (including phenoxy) is 1. The molecule has 0 spiro atoms. The van der Waals surface area contributed by atoms with Crippen molar-refractivity contribution in [2.75, 3.05) is 26.8 Å². The van der Waals surface area contributed by atoms with Gasteiger partial charge in [-0.2, -0.15) is 0 Å². The van der Waals surface area contributed by atoms with E-state index in [1.54, 1.807) is 24.1 Å². The molecule has 1 aromatic rings. The Balaban J connectivity index is 2.84. The van der Waals surface area contributed by atoms with E-state index >= 15 is 0 Å². The van der Waals surface area contributed by atoms with E-state index in [2.05, 4.69) is 0 Å². The third-order valence-electron chi connectivity index (χ3n) is 2.90. The van der Waals surface area contributed by atoms with Gasteiger partial charge in [-0.1, -0.05) is 29.9 Å². The molecule has 0 aliphatic heterocycles. The van der Waals surface area contributed by atoms with Gasteiger partial charge in [-0.15, -0.1) is 0 Å². The summed E-state index contributed by atoms with van der Waals surface area (Å²) in [6.07, 6.45) is 0.490. The number of halogens is 1. The number of rotatable bonds is 7. The Labute approximate surface area is 129 Å². The van der Waals surface area contributed by atoms with Crippen molar-refractivity contribution in [3.8, 4) is 0 Å². The number of hydrogen-bond acceptors (Lipinski definition) is 3. The number of nitrogens with two attached hydrogens (primary N) is 1. The summed E-state index contributed by atoms with van der Waals surface area (Å²) in [5.41, 5.74) is 6.99. The van der Waals surface area contributed by atoms with Gasteiger partial charge in [0.05, 0.1) is 11.6 Å². The van der Waals surface area contributed by atoms with Crippen LogP contribution in [0.15, 0.2) is 18.2 Å². The quantitative estimate of drug-likeness (QED) is 0.785. The fourth-order valence-corrected chi connectivity index (χ4v) is 1.94. The second-order valence-electron chi connectivity index (χ2n) is 4.47. The smallest absolute Gasteiger partial charge is 0.253 e. The number of carbonyl (C=O) groups is 1. The lowest BCUT2D eigenvalue weighted by molar-refractivity contribution is 0.0701. The fraction of sp³-hybridized carbons (Fsp3) is 0.429. The molecular formula is C14H19ClN2O2S. The van der Waals surface area contributed by atoms with Crippen LogP contribution >= 0.6 is 23.8 Å². The van der Waals surface area contributed by atoms with Crippen molar-refractivity contribution in [3.63, 3.8) is 0 Å². The molecule has 0 saturated heterocycles. The average molecular weight is 315 g/mol. The van der Waals surface area contributed by atoms with Gasteiger partial charge in [0.2, 0.25) is 0 Å². The van der Waals surface area contributed by atoms with Crippen molar-refractivity contribution >= 4 is 34.7 Å². The lowest BCUT2D eigenvalue weighted by atomic mass is 10.1. The second kappa shape index (κ2) is 8.19.